The SMILES string of the molecule is C#CCOc1c(I)cc(/C=C(\C#N)c2ccc(Cl)cc2Cl)cc1OCC. The number of benzene rings is 2. The predicted octanol–water partition coefficient (Wildman–Crippen LogP) is 6.07. The zero-order valence-corrected chi connectivity index (χ0v) is 17.5. The van der Waals surface area contributed by atoms with Gasteiger partial charge in [-0.25, -0.2) is 0 Å². The third-order valence-corrected chi connectivity index (χ3v) is 4.63. The number of hydrogen-bond donors (Lipinski definition) is 0. The van der Waals surface area contributed by atoms with Crippen LogP contribution in [0.4, 0.5) is 0 Å². The molecule has 0 spiro atoms. The predicted molar refractivity (Wildman–Crippen MR) is 115 cm³/mol. The number of ether oxygens (including phenoxy) is 2. The van der Waals surface area contributed by atoms with Crippen molar-refractivity contribution < 1.29 is 9.47 Å². The number of nitrogens with zero attached hydrogens (tertiary/aromatic N) is 1. The van der Waals surface area contributed by atoms with E-state index in [4.69, 9.17) is 39.1 Å². The molecule has 0 radical (unpaired) electrons. The van der Waals surface area contributed by atoms with Gasteiger partial charge in [-0.3, -0.25) is 0 Å². The van der Waals surface area contributed by atoms with E-state index in [-0.39, 0.29) is 6.61 Å². The standard InChI is InChI=1S/C20H14Cl2INO2/c1-3-7-26-20-18(23)9-13(10-19(20)25-4-2)8-14(12-24)16-6-5-15(21)11-17(16)22/h1,5-6,8-11H,4,7H2,2H3/b14-8+. The summed E-state index contributed by atoms with van der Waals surface area (Å²) in [5, 5.41) is 10.5. The first-order chi connectivity index (χ1) is 12.5. The Bertz CT molecular complexity index is 927. The summed E-state index contributed by atoms with van der Waals surface area (Å²) in [5.41, 5.74) is 1.81. The maximum Gasteiger partial charge on any atom is 0.175 e. The van der Waals surface area contributed by atoms with Gasteiger partial charge in [-0.05, 0) is 65.4 Å². The van der Waals surface area contributed by atoms with Gasteiger partial charge < -0.3 is 9.47 Å². The molecule has 0 fully saturated rings. The molecule has 0 saturated heterocycles. The lowest BCUT2D eigenvalue weighted by atomic mass is 10.0. The van der Waals surface area contributed by atoms with Crippen molar-refractivity contribution in [2.45, 2.75) is 6.92 Å². The van der Waals surface area contributed by atoms with Gasteiger partial charge in [0.25, 0.3) is 0 Å². The normalized spacial score (nSPS) is 10.8. The Morgan fingerprint density at radius 3 is 2.65 bits per heavy atom. The smallest absolute Gasteiger partial charge is 0.175 e. The molecule has 0 bridgehead atoms. The first-order valence-corrected chi connectivity index (χ1v) is 9.43. The van der Waals surface area contributed by atoms with Crippen molar-refractivity contribution >= 4 is 57.4 Å². The van der Waals surface area contributed by atoms with Crippen molar-refractivity contribution in [1.82, 2.24) is 0 Å². The fraction of sp³-hybridized carbons (Fsp3) is 0.150. The molecule has 0 saturated carbocycles. The molecule has 0 atom stereocenters. The van der Waals surface area contributed by atoms with E-state index in [1.807, 2.05) is 13.0 Å². The van der Waals surface area contributed by atoms with Crippen molar-refractivity contribution in [3.8, 4) is 29.9 Å². The summed E-state index contributed by atoms with van der Waals surface area (Å²) >= 11 is 14.3. The van der Waals surface area contributed by atoms with E-state index < -0.39 is 0 Å². The second-order valence-corrected chi connectivity index (χ2v) is 7.06. The third kappa shape index (κ3) is 5.08. The van der Waals surface area contributed by atoms with E-state index in [0.29, 0.717) is 39.3 Å². The van der Waals surface area contributed by atoms with Crippen LogP contribution in [0.2, 0.25) is 10.0 Å². The Balaban J connectivity index is 2.51. The number of rotatable bonds is 6. The topological polar surface area (TPSA) is 42.2 Å². The second kappa shape index (κ2) is 9.73. The largest absolute Gasteiger partial charge is 0.490 e. The van der Waals surface area contributed by atoms with Crippen molar-refractivity contribution in [3.05, 3.63) is 55.1 Å². The minimum Gasteiger partial charge on any atom is -0.490 e. The molecule has 0 aliphatic rings. The molecule has 0 aromatic heterocycles. The Kier molecular flexibility index (Phi) is 7.66. The maximum absolute atomic E-state index is 9.56. The Labute approximate surface area is 176 Å². The lowest BCUT2D eigenvalue weighted by Gasteiger charge is -2.13. The molecular weight excluding hydrogens is 484 g/mol. The zero-order chi connectivity index (χ0) is 19.1. The first-order valence-electron chi connectivity index (χ1n) is 7.60. The highest BCUT2D eigenvalue weighted by Gasteiger charge is 2.13. The molecule has 0 heterocycles. The molecule has 0 amide bonds. The lowest BCUT2D eigenvalue weighted by molar-refractivity contribution is 0.297. The number of halogens is 3. The van der Waals surface area contributed by atoms with Crippen molar-refractivity contribution in [3.63, 3.8) is 0 Å². The van der Waals surface area contributed by atoms with Crippen LogP contribution < -0.4 is 9.47 Å². The summed E-state index contributed by atoms with van der Waals surface area (Å²) in [4.78, 5) is 0. The Hall–Kier alpha value is -1.86. The highest BCUT2D eigenvalue weighted by Crippen LogP contribution is 2.36. The average Bonchev–Trinajstić information content (AvgIpc) is 2.60. The molecule has 3 nitrogen and oxygen atoms in total. The average molecular weight is 498 g/mol. The van der Waals surface area contributed by atoms with Gasteiger partial charge in [0.15, 0.2) is 11.5 Å². The zero-order valence-electron chi connectivity index (χ0n) is 13.9. The summed E-state index contributed by atoms with van der Waals surface area (Å²) in [6.45, 7) is 2.51. The van der Waals surface area contributed by atoms with Gasteiger partial charge in [-0.1, -0.05) is 35.2 Å². The number of hydrogen-bond acceptors (Lipinski definition) is 3. The molecule has 132 valence electrons. The van der Waals surface area contributed by atoms with E-state index in [0.717, 1.165) is 9.13 Å². The molecule has 0 unspecified atom stereocenters. The van der Waals surface area contributed by atoms with E-state index >= 15 is 0 Å². The molecule has 2 rings (SSSR count). The Morgan fingerprint density at radius 1 is 1.27 bits per heavy atom. The second-order valence-electron chi connectivity index (χ2n) is 5.05. The summed E-state index contributed by atoms with van der Waals surface area (Å²) in [7, 11) is 0. The maximum atomic E-state index is 9.56. The Morgan fingerprint density at radius 2 is 2.04 bits per heavy atom. The molecule has 0 aliphatic carbocycles. The van der Waals surface area contributed by atoms with Crippen LogP contribution in [0, 0.1) is 27.2 Å². The van der Waals surface area contributed by atoms with Crippen LogP contribution >= 0.6 is 45.8 Å². The summed E-state index contributed by atoms with van der Waals surface area (Å²) in [5.74, 6) is 3.60. The number of nitriles is 1. The van der Waals surface area contributed by atoms with Crippen LogP contribution in [0.3, 0.4) is 0 Å². The lowest BCUT2D eigenvalue weighted by Crippen LogP contribution is -2.01. The highest BCUT2D eigenvalue weighted by molar-refractivity contribution is 14.1. The van der Waals surface area contributed by atoms with Crippen molar-refractivity contribution in [2.24, 2.45) is 0 Å². The summed E-state index contributed by atoms with van der Waals surface area (Å²) in [6, 6.07) is 10.9. The molecular formula is C20H14Cl2INO2. The minimum absolute atomic E-state index is 0.148. The fourth-order valence-electron chi connectivity index (χ4n) is 2.23. The van der Waals surface area contributed by atoms with Gasteiger partial charge >= 0.3 is 0 Å². The molecule has 0 aliphatic heterocycles. The van der Waals surface area contributed by atoms with Gasteiger partial charge in [0, 0.05) is 10.6 Å². The van der Waals surface area contributed by atoms with Gasteiger partial charge in [0.2, 0.25) is 0 Å². The molecule has 0 N–H and O–H groups in total. The molecule has 6 heteroatoms. The molecule has 2 aromatic rings. The minimum atomic E-state index is 0.148. The monoisotopic (exact) mass is 497 g/mol. The fourth-order valence-corrected chi connectivity index (χ4v) is 3.52. The van der Waals surface area contributed by atoms with Crippen molar-refractivity contribution in [2.75, 3.05) is 13.2 Å². The molecule has 26 heavy (non-hydrogen) atoms. The van der Waals surface area contributed by atoms with E-state index in [1.54, 1.807) is 30.3 Å². The third-order valence-electron chi connectivity index (χ3n) is 3.28. The van der Waals surface area contributed by atoms with Gasteiger partial charge in [-0.15, -0.1) is 6.42 Å². The van der Waals surface area contributed by atoms with Crippen molar-refractivity contribution in [1.29, 1.82) is 5.26 Å². The summed E-state index contributed by atoms with van der Waals surface area (Å²) in [6.07, 6.45) is 7.01. The van der Waals surface area contributed by atoms with Crippen LogP contribution in [-0.4, -0.2) is 13.2 Å². The van der Waals surface area contributed by atoms with Gasteiger partial charge in [0.05, 0.1) is 26.8 Å². The number of allylic oxidation sites excluding steroid dienone is 1. The van der Waals surface area contributed by atoms with Gasteiger partial charge in [-0.2, -0.15) is 5.26 Å². The molecule has 2 aromatic carbocycles. The van der Waals surface area contributed by atoms with Crippen LogP contribution in [0.15, 0.2) is 30.3 Å². The van der Waals surface area contributed by atoms with Crippen LogP contribution in [0.25, 0.3) is 11.6 Å². The van der Waals surface area contributed by atoms with Gasteiger partial charge in [0.1, 0.15) is 6.61 Å². The quantitative estimate of drug-likeness (QED) is 0.210. The first kappa shape index (κ1) is 20.5. The van der Waals surface area contributed by atoms with Crippen LogP contribution in [0.1, 0.15) is 18.1 Å². The number of terminal acetylenes is 1. The van der Waals surface area contributed by atoms with E-state index in [9.17, 15) is 5.26 Å². The summed E-state index contributed by atoms with van der Waals surface area (Å²) < 4.78 is 12.1. The van der Waals surface area contributed by atoms with E-state index in [1.165, 1.54) is 0 Å². The van der Waals surface area contributed by atoms with Crippen LogP contribution in [0.5, 0.6) is 11.5 Å². The highest BCUT2D eigenvalue weighted by atomic mass is 127. The van der Waals surface area contributed by atoms with E-state index in [2.05, 4.69) is 34.6 Å². The van der Waals surface area contributed by atoms with Crippen LogP contribution in [-0.2, 0) is 0 Å².